The first-order valence-corrected chi connectivity index (χ1v) is 6.68. The SMILES string of the molecule is Cc1ccc(C2=NN(c3ccccc3)C(N)/C2=N/O)cc1. The molecule has 0 saturated carbocycles. The average Bonchev–Trinajstić information content (AvgIpc) is 2.85. The summed E-state index contributed by atoms with van der Waals surface area (Å²) in [6.07, 6.45) is -0.603. The summed E-state index contributed by atoms with van der Waals surface area (Å²) in [7, 11) is 0. The number of hydrazone groups is 1. The third-order valence-corrected chi connectivity index (χ3v) is 3.45. The number of hydrogen-bond donors (Lipinski definition) is 2. The summed E-state index contributed by atoms with van der Waals surface area (Å²) in [6.45, 7) is 2.02. The van der Waals surface area contributed by atoms with Crippen LogP contribution in [0.4, 0.5) is 5.69 Å². The molecule has 3 rings (SSSR count). The first-order valence-electron chi connectivity index (χ1n) is 6.68. The van der Waals surface area contributed by atoms with Crippen LogP contribution in [-0.2, 0) is 0 Å². The van der Waals surface area contributed by atoms with E-state index in [2.05, 4.69) is 10.3 Å². The van der Waals surface area contributed by atoms with Gasteiger partial charge in [-0.05, 0) is 19.1 Å². The zero-order chi connectivity index (χ0) is 14.8. The highest BCUT2D eigenvalue weighted by atomic mass is 16.4. The Hall–Kier alpha value is -2.66. The summed E-state index contributed by atoms with van der Waals surface area (Å²) in [6, 6.07) is 17.5. The van der Waals surface area contributed by atoms with Gasteiger partial charge in [0.15, 0.2) is 0 Å². The smallest absolute Gasteiger partial charge is 0.148 e. The summed E-state index contributed by atoms with van der Waals surface area (Å²) in [5, 5.41) is 18.8. The van der Waals surface area contributed by atoms with Crippen LogP contribution in [0.25, 0.3) is 0 Å². The van der Waals surface area contributed by atoms with Gasteiger partial charge in [-0.1, -0.05) is 53.2 Å². The Morgan fingerprint density at radius 1 is 1.10 bits per heavy atom. The third kappa shape index (κ3) is 2.39. The number of para-hydroxylation sites is 1. The summed E-state index contributed by atoms with van der Waals surface area (Å²) in [5.41, 5.74) is 9.99. The molecule has 0 aromatic heterocycles. The number of rotatable bonds is 2. The molecular weight excluding hydrogens is 264 g/mol. The lowest BCUT2D eigenvalue weighted by Gasteiger charge is -2.19. The van der Waals surface area contributed by atoms with Crippen LogP contribution in [-0.4, -0.2) is 22.8 Å². The Kier molecular flexibility index (Phi) is 3.41. The summed E-state index contributed by atoms with van der Waals surface area (Å²) < 4.78 is 0. The van der Waals surface area contributed by atoms with Crippen molar-refractivity contribution in [3.05, 3.63) is 65.7 Å². The van der Waals surface area contributed by atoms with Gasteiger partial charge in [0.2, 0.25) is 0 Å². The highest BCUT2D eigenvalue weighted by molar-refractivity contribution is 6.51. The highest BCUT2D eigenvalue weighted by Crippen LogP contribution is 2.23. The molecule has 1 aliphatic heterocycles. The molecule has 106 valence electrons. The van der Waals surface area contributed by atoms with Gasteiger partial charge in [0, 0.05) is 5.56 Å². The van der Waals surface area contributed by atoms with Gasteiger partial charge in [-0.2, -0.15) is 5.10 Å². The molecule has 1 heterocycles. The van der Waals surface area contributed by atoms with Crippen molar-refractivity contribution in [1.29, 1.82) is 0 Å². The molecule has 0 bridgehead atoms. The third-order valence-electron chi connectivity index (χ3n) is 3.45. The van der Waals surface area contributed by atoms with E-state index >= 15 is 0 Å². The first kappa shape index (κ1) is 13.3. The minimum atomic E-state index is -0.603. The maximum Gasteiger partial charge on any atom is 0.148 e. The van der Waals surface area contributed by atoms with E-state index in [1.165, 1.54) is 0 Å². The molecular formula is C16H16N4O. The fraction of sp³-hybridized carbons (Fsp3) is 0.125. The van der Waals surface area contributed by atoms with Crippen molar-refractivity contribution in [2.24, 2.45) is 16.0 Å². The van der Waals surface area contributed by atoms with E-state index in [9.17, 15) is 5.21 Å². The zero-order valence-corrected chi connectivity index (χ0v) is 11.6. The fourth-order valence-corrected chi connectivity index (χ4v) is 2.30. The molecule has 0 saturated heterocycles. The summed E-state index contributed by atoms with van der Waals surface area (Å²) in [5.74, 6) is 0. The number of benzene rings is 2. The highest BCUT2D eigenvalue weighted by Gasteiger charge is 2.33. The van der Waals surface area contributed by atoms with Crippen molar-refractivity contribution >= 4 is 17.1 Å². The Morgan fingerprint density at radius 3 is 2.38 bits per heavy atom. The van der Waals surface area contributed by atoms with Crippen molar-refractivity contribution in [1.82, 2.24) is 0 Å². The van der Waals surface area contributed by atoms with Crippen LogP contribution in [0.2, 0.25) is 0 Å². The van der Waals surface area contributed by atoms with Crippen LogP contribution < -0.4 is 10.7 Å². The molecule has 1 atom stereocenters. The lowest BCUT2D eigenvalue weighted by atomic mass is 10.0. The van der Waals surface area contributed by atoms with E-state index in [1.807, 2.05) is 61.5 Å². The van der Waals surface area contributed by atoms with Gasteiger partial charge in [-0.15, -0.1) is 0 Å². The molecule has 1 unspecified atom stereocenters. The summed E-state index contributed by atoms with van der Waals surface area (Å²) in [4.78, 5) is 0. The van der Waals surface area contributed by atoms with Crippen LogP contribution in [0.3, 0.4) is 0 Å². The van der Waals surface area contributed by atoms with E-state index < -0.39 is 6.17 Å². The predicted molar refractivity (Wildman–Crippen MR) is 83.8 cm³/mol. The number of anilines is 1. The molecule has 0 amide bonds. The molecule has 1 aliphatic rings. The minimum Gasteiger partial charge on any atom is -0.410 e. The predicted octanol–water partition coefficient (Wildman–Crippen LogP) is 2.33. The van der Waals surface area contributed by atoms with Crippen LogP contribution >= 0.6 is 0 Å². The maximum absolute atomic E-state index is 9.29. The second kappa shape index (κ2) is 5.38. The lowest BCUT2D eigenvalue weighted by Crippen LogP contribution is -2.41. The van der Waals surface area contributed by atoms with Gasteiger partial charge in [0.1, 0.15) is 17.6 Å². The topological polar surface area (TPSA) is 74.2 Å². The van der Waals surface area contributed by atoms with Gasteiger partial charge in [0.25, 0.3) is 0 Å². The standard InChI is InChI=1S/C16H16N4O/c1-11-7-9-12(10-8-11)14-15(19-21)16(17)20(18-14)13-5-3-2-4-6-13/h2-10,16,21H,17H2,1H3/b19-15+. The molecule has 5 heteroatoms. The second-order valence-electron chi connectivity index (χ2n) is 4.92. The zero-order valence-electron chi connectivity index (χ0n) is 11.6. The van der Waals surface area contributed by atoms with Gasteiger partial charge >= 0.3 is 0 Å². The largest absolute Gasteiger partial charge is 0.410 e. The van der Waals surface area contributed by atoms with Crippen LogP contribution in [0.5, 0.6) is 0 Å². The van der Waals surface area contributed by atoms with E-state index in [0.29, 0.717) is 11.4 Å². The van der Waals surface area contributed by atoms with Crippen LogP contribution in [0, 0.1) is 6.92 Å². The van der Waals surface area contributed by atoms with Gasteiger partial charge in [-0.25, -0.2) is 5.01 Å². The van der Waals surface area contributed by atoms with Crippen molar-refractivity contribution in [3.63, 3.8) is 0 Å². The molecule has 0 spiro atoms. The van der Waals surface area contributed by atoms with Crippen molar-refractivity contribution < 1.29 is 5.21 Å². The molecule has 21 heavy (non-hydrogen) atoms. The fourth-order valence-electron chi connectivity index (χ4n) is 2.30. The first-order chi connectivity index (χ1) is 10.2. The minimum absolute atomic E-state index is 0.364. The molecule has 5 nitrogen and oxygen atoms in total. The molecule has 3 N–H and O–H groups in total. The summed E-state index contributed by atoms with van der Waals surface area (Å²) >= 11 is 0. The average molecular weight is 280 g/mol. The number of oxime groups is 1. The number of nitrogens with zero attached hydrogens (tertiary/aromatic N) is 3. The van der Waals surface area contributed by atoms with Crippen LogP contribution in [0.1, 0.15) is 11.1 Å². The lowest BCUT2D eigenvalue weighted by molar-refractivity contribution is 0.318. The monoisotopic (exact) mass is 280 g/mol. The normalized spacial score (nSPS) is 19.9. The number of nitrogens with two attached hydrogens (primary N) is 1. The maximum atomic E-state index is 9.29. The Labute approximate surface area is 123 Å². The Balaban J connectivity index is 2.04. The van der Waals surface area contributed by atoms with E-state index in [4.69, 9.17) is 5.73 Å². The quantitative estimate of drug-likeness (QED) is 0.655. The van der Waals surface area contributed by atoms with E-state index in [0.717, 1.165) is 16.8 Å². The Bertz CT molecular complexity index is 692. The van der Waals surface area contributed by atoms with Gasteiger partial charge < -0.3 is 10.9 Å². The number of hydrogen-bond acceptors (Lipinski definition) is 5. The molecule has 0 radical (unpaired) electrons. The van der Waals surface area contributed by atoms with Crippen molar-refractivity contribution in [3.8, 4) is 0 Å². The van der Waals surface area contributed by atoms with E-state index in [1.54, 1.807) is 5.01 Å². The van der Waals surface area contributed by atoms with Gasteiger partial charge in [-0.3, -0.25) is 0 Å². The van der Waals surface area contributed by atoms with Crippen molar-refractivity contribution in [2.45, 2.75) is 13.1 Å². The molecule has 0 fully saturated rings. The van der Waals surface area contributed by atoms with E-state index in [-0.39, 0.29) is 0 Å². The number of aryl methyl sites for hydroxylation is 1. The molecule has 0 aliphatic carbocycles. The molecule has 2 aromatic carbocycles. The Morgan fingerprint density at radius 2 is 1.76 bits per heavy atom. The van der Waals surface area contributed by atoms with Crippen molar-refractivity contribution in [2.75, 3.05) is 5.01 Å². The molecule has 2 aromatic rings. The van der Waals surface area contributed by atoms with Gasteiger partial charge in [0.05, 0.1) is 5.69 Å². The van der Waals surface area contributed by atoms with Crippen LogP contribution in [0.15, 0.2) is 64.9 Å². The second-order valence-corrected chi connectivity index (χ2v) is 4.92.